The Bertz CT molecular complexity index is 535. The summed E-state index contributed by atoms with van der Waals surface area (Å²) in [6.07, 6.45) is 0.942. The van der Waals surface area contributed by atoms with Gasteiger partial charge in [-0.1, -0.05) is 18.2 Å². The van der Waals surface area contributed by atoms with Gasteiger partial charge in [0.15, 0.2) is 0 Å². The Morgan fingerprint density at radius 2 is 2.14 bits per heavy atom. The SMILES string of the molecule is Cc1ccc(C[C@@H](NC(=O)[C@H]2CCOC2)C(=O)O)cc1C. The lowest BCUT2D eigenvalue weighted by atomic mass is 10.00. The quantitative estimate of drug-likeness (QED) is 0.861. The third-order valence-electron chi connectivity index (χ3n) is 3.93. The van der Waals surface area contributed by atoms with Crippen LogP contribution in [-0.2, 0) is 20.7 Å². The average molecular weight is 291 g/mol. The van der Waals surface area contributed by atoms with Crippen LogP contribution in [0, 0.1) is 19.8 Å². The van der Waals surface area contributed by atoms with Crippen LogP contribution in [0.1, 0.15) is 23.1 Å². The molecule has 2 N–H and O–H groups in total. The molecular formula is C16H21NO4. The van der Waals surface area contributed by atoms with Crippen molar-refractivity contribution in [1.29, 1.82) is 0 Å². The Hall–Kier alpha value is -1.88. The number of carbonyl (C=O) groups is 2. The van der Waals surface area contributed by atoms with Gasteiger partial charge in [-0.25, -0.2) is 4.79 Å². The maximum Gasteiger partial charge on any atom is 0.326 e. The molecule has 114 valence electrons. The van der Waals surface area contributed by atoms with Gasteiger partial charge in [-0.05, 0) is 37.0 Å². The first-order valence-electron chi connectivity index (χ1n) is 7.14. The van der Waals surface area contributed by atoms with E-state index in [0.29, 0.717) is 19.6 Å². The fraction of sp³-hybridized carbons (Fsp3) is 0.500. The van der Waals surface area contributed by atoms with Crippen LogP contribution < -0.4 is 5.32 Å². The first-order chi connectivity index (χ1) is 9.97. The third-order valence-corrected chi connectivity index (χ3v) is 3.93. The minimum Gasteiger partial charge on any atom is -0.480 e. The summed E-state index contributed by atoms with van der Waals surface area (Å²) in [5, 5.41) is 11.9. The molecule has 0 saturated carbocycles. The number of carboxylic acid groups (broad SMARTS) is 1. The lowest BCUT2D eigenvalue weighted by Crippen LogP contribution is -2.45. The van der Waals surface area contributed by atoms with Crippen LogP contribution in [-0.4, -0.2) is 36.2 Å². The number of hydrogen-bond acceptors (Lipinski definition) is 3. The van der Waals surface area contributed by atoms with E-state index in [9.17, 15) is 14.7 Å². The molecule has 5 nitrogen and oxygen atoms in total. The van der Waals surface area contributed by atoms with Crippen LogP contribution in [0.2, 0.25) is 0 Å². The molecule has 2 rings (SSSR count). The van der Waals surface area contributed by atoms with E-state index in [-0.39, 0.29) is 18.2 Å². The van der Waals surface area contributed by atoms with Crippen molar-refractivity contribution in [3.8, 4) is 0 Å². The maximum atomic E-state index is 12.0. The summed E-state index contributed by atoms with van der Waals surface area (Å²) in [5.74, 6) is -1.48. The van der Waals surface area contributed by atoms with E-state index in [0.717, 1.165) is 16.7 Å². The zero-order chi connectivity index (χ0) is 15.4. The highest BCUT2D eigenvalue weighted by molar-refractivity contribution is 5.85. The van der Waals surface area contributed by atoms with Gasteiger partial charge in [0.1, 0.15) is 6.04 Å². The number of carbonyl (C=O) groups excluding carboxylic acids is 1. The standard InChI is InChI=1S/C16H21NO4/c1-10-3-4-12(7-11(10)2)8-14(16(19)20)17-15(18)13-5-6-21-9-13/h3-4,7,13-14H,5-6,8-9H2,1-2H3,(H,17,18)(H,19,20)/t13-,14+/m0/s1. The number of carboxylic acids is 1. The van der Waals surface area contributed by atoms with E-state index in [2.05, 4.69) is 5.32 Å². The van der Waals surface area contributed by atoms with Gasteiger partial charge in [-0.2, -0.15) is 0 Å². The van der Waals surface area contributed by atoms with Crippen molar-refractivity contribution in [1.82, 2.24) is 5.32 Å². The zero-order valence-electron chi connectivity index (χ0n) is 12.4. The number of amides is 1. The molecular weight excluding hydrogens is 270 g/mol. The monoisotopic (exact) mass is 291 g/mol. The van der Waals surface area contributed by atoms with Crippen LogP contribution in [0.4, 0.5) is 0 Å². The molecule has 1 aromatic carbocycles. The predicted molar refractivity (Wildman–Crippen MR) is 78.1 cm³/mol. The van der Waals surface area contributed by atoms with E-state index in [1.807, 2.05) is 32.0 Å². The van der Waals surface area contributed by atoms with Crippen molar-refractivity contribution >= 4 is 11.9 Å². The summed E-state index contributed by atoms with van der Waals surface area (Å²) >= 11 is 0. The van der Waals surface area contributed by atoms with Crippen molar-refractivity contribution in [2.24, 2.45) is 5.92 Å². The third kappa shape index (κ3) is 4.04. The van der Waals surface area contributed by atoms with Crippen molar-refractivity contribution in [2.45, 2.75) is 32.7 Å². The second kappa shape index (κ2) is 6.72. The molecule has 0 unspecified atom stereocenters. The number of nitrogens with one attached hydrogen (secondary N) is 1. The number of aryl methyl sites for hydroxylation is 2. The van der Waals surface area contributed by atoms with Crippen molar-refractivity contribution in [3.63, 3.8) is 0 Å². The zero-order valence-corrected chi connectivity index (χ0v) is 12.4. The molecule has 1 heterocycles. The number of rotatable bonds is 5. The van der Waals surface area contributed by atoms with Gasteiger partial charge in [0.25, 0.3) is 0 Å². The Morgan fingerprint density at radius 1 is 1.38 bits per heavy atom. The van der Waals surface area contributed by atoms with Gasteiger partial charge in [0.2, 0.25) is 5.91 Å². The fourth-order valence-electron chi connectivity index (χ4n) is 2.40. The van der Waals surface area contributed by atoms with E-state index in [1.165, 1.54) is 0 Å². The molecule has 0 spiro atoms. The second-order valence-corrected chi connectivity index (χ2v) is 5.58. The molecule has 0 aromatic heterocycles. The molecule has 0 bridgehead atoms. The highest BCUT2D eigenvalue weighted by atomic mass is 16.5. The lowest BCUT2D eigenvalue weighted by molar-refractivity contribution is -0.142. The smallest absolute Gasteiger partial charge is 0.326 e. The lowest BCUT2D eigenvalue weighted by Gasteiger charge is -2.17. The van der Waals surface area contributed by atoms with Crippen molar-refractivity contribution in [2.75, 3.05) is 13.2 Å². The number of aliphatic carboxylic acids is 1. The normalized spacial score (nSPS) is 19.2. The fourth-order valence-corrected chi connectivity index (χ4v) is 2.40. The summed E-state index contributed by atoms with van der Waals surface area (Å²) in [6, 6.07) is 4.94. The average Bonchev–Trinajstić information content (AvgIpc) is 2.96. The first kappa shape index (κ1) is 15.5. The van der Waals surface area contributed by atoms with Gasteiger partial charge in [-0.15, -0.1) is 0 Å². The van der Waals surface area contributed by atoms with E-state index >= 15 is 0 Å². The molecule has 1 fully saturated rings. The summed E-state index contributed by atoms with van der Waals surface area (Å²) < 4.78 is 5.16. The van der Waals surface area contributed by atoms with Crippen LogP contribution in [0.3, 0.4) is 0 Å². The topological polar surface area (TPSA) is 75.6 Å². The van der Waals surface area contributed by atoms with E-state index in [4.69, 9.17) is 4.74 Å². The molecule has 0 aliphatic carbocycles. The number of hydrogen-bond donors (Lipinski definition) is 2. The molecule has 0 radical (unpaired) electrons. The van der Waals surface area contributed by atoms with Gasteiger partial charge in [-0.3, -0.25) is 4.79 Å². The van der Waals surface area contributed by atoms with E-state index < -0.39 is 12.0 Å². The summed E-state index contributed by atoms with van der Waals surface area (Å²) in [5.41, 5.74) is 3.19. The molecule has 1 saturated heterocycles. The van der Waals surface area contributed by atoms with E-state index in [1.54, 1.807) is 0 Å². The largest absolute Gasteiger partial charge is 0.480 e. The highest BCUT2D eigenvalue weighted by Gasteiger charge is 2.28. The number of ether oxygens (including phenoxy) is 1. The Labute approximate surface area is 124 Å². The maximum absolute atomic E-state index is 12.0. The van der Waals surface area contributed by atoms with Crippen molar-refractivity contribution in [3.05, 3.63) is 34.9 Å². The molecule has 5 heteroatoms. The molecule has 2 atom stereocenters. The summed E-state index contributed by atoms with van der Waals surface area (Å²) in [4.78, 5) is 23.4. The Morgan fingerprint density at radius 3 is 2.71 bits per heavy atom. The second-order valence-electron chi connectivity index (χ2n) is 5.58. The van der Waals surface area contributed by atoms with Crippen LogP contribution in [0.15, 0.2) is 18.2 Å². The predicted octanol–water partition coefficient (Wildman–Crippen LogP) is 1.45. The summed E-state index contributed by atoms with van der Waals surface area (Å²) in [7, 11) is 0. The summed E-state index contributed by atoms with van der Waals surface area (Å²) in [6.45, 7) is 4.94. The highest BCUT2D eigenvalue weighted by Crippen LogP contribution is 2.14. The minimum absolute atomic E-state index is 0.230. The molecule has 1 aliphatic rings. The first-order valence-corrected chi connectivity index (χ1v) is 7.14. The van der Waals surface area contributed by atoms with Crippen molar-refractivity contribution < 1.29 is 19.4 Å². The Balaban J connectivity index is 2.03. The molecule has 21 heavy (non-hydrogen) atoms. The van der Waals surface area contributed by atoms with Crippen LogP contribution >= 0.6 is 0 Å². The molecule has 1 aliphatic heterocycles. The van der Waals surface area contributed by atoms with Gasteiger partial charge >= 0.3 is 5.97 Å². The minimum atomic E-state index is -1.01. The van der Waals surface area contributed by atoms with Crippen LogP contribution in [0.25, 0.3) is 0 Å². The van der Waals surface area contributed by atoms with Crippen LogP contribution in [0.5, 0.6) is 0 Å². The molecule has 1 amide bonds. The van der Waals surface area contributed by atoms with Gasteiger partial charge in [0, 0.05) is 13.0 Å². The molecule has 1 aromatic rings. The Kier molecular flexibility index (Phi) is 4.96. The van der Waals surface area contributed by atoms with Gasteiger partial charge < -0.3 is 15.2 Å². The van der Waals surface area contributed by atoms with Gasteiger partial charge in [0.05, 0.1) is 12.5 Å². The number of benzene rings is 1.